The summed E-state index contributed by atoms with van der Waals surface area (Å²) < 4.78 is 6.53. The quantitative estimate of drug-likeness (QED) is 0.243. The van der Waals surface area contributed by atoms with Gasteiger partial charge in [0, 0.05) is 34.0 Å². The highest BCUT2D eigenvalue weighted by molar-refractivity contribution is 6.20. The third-order valence-electron chi connectivity index (χ3n) is 8.11. The number of aromatic nitrogens is 2. The van der Waals surface area contributed by atoms with Gasteiger partial charge in [0.1, 0.15) is 5.58 Å². The van der Waals surface area contributed by atoms with Crippen LogP contribution in [0.1, 0.15) is 40.2 Å². The highest BCUT2D eigenvalue weighted by Gasteiger charge is 2.33. The molecule has 0 spiro atoms. The lowest BCUT2D eigenvalue weighted by Crippen LogP contribution is -2.27. The first-order valence-electron chi connectivity index (χ1n) is 13.5. The van der Waals surface area contributed by atoms with Gasteiger partial charge in [-0.2, -0.15) is 0 Å². The molecule has 2 atom stereocenters. The fraction of sp³-hybridized carbons (Fsp3) is 0.143. The summed E-state index contributed by atoms with van der Waals surface area (Å²) in [4.78, 5) is 19.6. The van der Waals surface area contributed by atoms with E-state index in [0.717, 1.165) is 74.3 Å². The summed E-state index contributed by atoms with van der Waals surface area (Å²) in [6, 6.07) is 20.7. The van der Waals surface area contributed by atoms with Crippen molar-refractivity contribution in [1.29, 1.82) is 0 Å². The molecular weight excluding hydrogens is 492 g/mol. The molecule has 5 nitrogen and oxygen atoms in total. The Morgan fingerprint density at radius 3 is 2.58 bits per heavy atom. The summed E-state index contributed by atoms with van der Waals surface area (Å²) in [5.41, 5.74) is 10.9. The molecule has 5 aromatic rings. The third kappa shape index (κ3) is 3.69. The molecule has 7 rings (SSSR count). The first-order chi connectivity index (χ1) is 19.6. The summed E-state index contributed by atoms with van der Waals surface area (Å²) in [7, 11) is 0. The van der Waals surface area contributed by atoms with Crippen LogP contribution in [0.25, 0.3) is 33.5 Å². The minimum Gasteiger partial charge on any atom is -0.437 e. The smallest absolute Gasteiger partial charge is 0.227 e. The lowest BCUT2D eigenvalue weighted by atomic mass is 9.79. The largest absolute Gasteiger partial charge is 0.437 e. The predicted octanol–water partition coefficient (Wildman–Crippen LogP) is 7.93. The van der Waals surface area contributed by atoms with Crippen molar-refractivity contribution in [3.05, 3.63) is 132 Å². The molecule has 0 bridgehead atoms. The van der Waals surface area contributed by atoms with Crippen LogP contribution in [-0.2, 0) is 6.42 Å². The molecule has 2 aromatic carbocycles. The molecule has 0 saturated carbocycles. The number of hydrogen-bond acceptors (Lipinski definition) is 5. The van der Waals surface area contributed by atoms with Crippen molar-refractivity contribution in [2.24, 2.45) is 9.98 Å². The molecule has 0 aliphatic carbocycles. The molecule has 3 aromatic heterocycles. The Kier molecular flexibility index (Phi) is 5.67. The molecule has 5 heterocycles. The van der Waals surface area contributed by atoms with Crippen molar-refractivity contribution >= 4 is 33.5 Å². The van der Waals surface area contributed by atoms with Gasteiger partial charge in [0.05, 0.1) is 34.6 Å². The lowest BCUT2D eigenvalue weighted by molar-refractivity contribution is 0.540. The summed E-state index contributed by atoms with van der Waals surface area (Å²) in [6.45, 7) is 14.6. The van der Waals surface area contributed by atoms with Crippen LogP contribution in [0.3, 0.4) is 0 Å². The van der Waals surface area contributed by atoms with Gasteiger partial charge in [-0.05, 0) is 66.8 Å². The second-order valence-corrected chi connectivity index (χ2v) is 10.4. The minimum atomic E-state index is -0.177. The maximum Gasteiger partial charge on any atom is 0.227 e. The van der Waals surface area contributed by atoms with Crippen LogP contribution in [0.15, 0.2) is 119 Å². The summed E-state index contributed by atoms with van der Waals surface area (Å²) >= 11 is 0. The number of fused-ring (bicyclic) bond motifs is 8. The van der Waals surface area contributed by atoms with Gasteiger partial charge in [-0.1, -0.05) is 62.2 Å². The molecule has 0 radical (unpaired) electrons. The SMILES string of the molecule is C=CC1=NC2C(=C)/N=C(/C=C)c3c(ccc4c3oc3nc(-c5ncccc5C)ccc34)CCC2c2ccccc21. The zero-order chi connectivity index (χ0) is 27.4. The first-order valence-corrected chi connectivity index (χ1v) is 13.5. The topological polar surface area (TPSA) is 63.6 Å². The van der Waals surface area contributed by atoms with E-state index >= 15 is 0 Å². The number of nitrogens with zero attached hydrogens (tertiary/aromatic N) is 4. The number of allylic oxidation sites excluding steroid dienone is 2. The zero-order valence-corrected chi connectivity index (χ0v) is 22.4. The average molecular weight is 521 g/mol. The van der Waals surface area contributed by atoms with E-state index in [2.05, 4.69) is 67.2 Å². The Bertz CT molecular complexity index is 1940. The van der Waals surface area contributed by atoms with Crippen LogP contribution in [0.4, 0.5) is 0 Å². The van der Waals surface area contributed by atoms with Gasteiger partial charge in [-0.3, -0.25) is 15.0 Å². The van der Waals surface area contributed by atoms with Gasteiger partial charge in [0.15, 0.2) is 0 Å². The zero-order valence-electron chi connectivity index (χ0n) is 22.4. The number of rotatable bonds is 3. The Hall–Kier alpha value is -4.90. The van der Waals surface area contributed by atoms with E-state index in [1.54, 1.807) is 12.3 Å². The van der Waals surface area contributed by atoms with E-state index in [9.17, 15) is 0 Å². The molecule has 0 amide bonds. The van der Waals surface area contributed by atoms with Crippen molar-refractivity contribution in [2.75, 3.05) is 0 Å². The predicted molar refractivity (Wildman–Crippen MR) is 163 cm³/mol. The standard InChI is InChI=1S/C35H28N4O/c1-5-28-24-12-8-7-11-23(24)25-15-13-22-14-16-26-27-17-18-30(32-20(3)10-9-19-36-32)39-35(27)40-34(26)31(22)29(6-2)37-21(4)33(25)38-28/h5-12,14,16-19,25,33H,1-2,4,13,15H2,3H3/b37-29-. The Balaban J connectivity index is 1.41. The molecule has 2 unspecified atom stereocenters. The second kappa shape index (κ2) is 9.38. The van der Waals surface area contributed by atoms with Gasteiger partial charge >= 0.3 is 0 Å². The number of pyridine rings is 2. The van der Waals surface area contributed by atoms with Crippen molar-refractivity contribution in [2.45, 2.75) is 31.7 Å². The molecule has 0 N–H and O–H groups in total. The fourth-order valence-corrected chi connectivity index (χ4v) is 6.19. The van der Waals surface area contributed by atoms with E-state index in [-0.39, 0.29) is 12.0 Å². The number of aryl methyl sites for hydroxylation is 2. The van der Waals surface area contributed by atoms with E-state index in [1.807, 2.05) is 31.2 Å². The van der Waals surface area contributed by atoms with Crippen molar-refractivity contribution < 1.29 is 4.42 Å². The Morgan fingerprint density at radius 2 is 1.75 bits per heavy atom. The third-order valence-corrected chi connectivity index (χ3v) is 8.11. The number of benzene rings is 2. The van der Waals surface area contributed by atoms with Gasteiger partial charge in [-0.25, -0.2) is 4.98 Å². The Morgan fingerprint density at radius 1 is 0.925 bits per heavy atom. The number of aliphatic imine (C=N–C) groups is 2. The summed E-state index contributed by atoms with van der Waals surface area (Å²) in [5, 5.41) is 1.96. The summed E-state index contributed by atoms with van der Waals surface area (Å²) in [5.74, 6) is 0.158. The van der Waals surface area contributed by atoms with Gasteiger partial charge in [-0.15, -0.1) is 0 Å². The van der Waals surface area contributed by atoms with Gasteiger partial charge in [0.2, 0.25) is 5.71 Å². The molecule has 5 heteroatoms. The van der Waals surface area contributed by atoms with Gasteiger partial charge in [0.25, 0.3) is 0 Å². The van der Waals surface area contributed by atoms with Crippen LogP contribution in [0, 0.1) is 6.92 Å². The molecule has 0 saturated heterocycles. The normalized spacial score (nSPS) is 19.8. The van der Waals surface area contributed by atoms with E-state index in [1.165, 1.54) is 5.56 Å². The number of hydrogen-bond donors (Lipinski definition) is 0. The number of furan rings is 1. The first kappa shape index (κ1) is 24.2. The summed E-state index contributed by atoms with van der Waals surface area (Å²) in [6.07, 6.45) is 7.14. The van der Waals surface area contributed by atoms with Crippen molar-refractivity contribution in [1.82, 2.24) is 9.97 Å². The highest BCUT2D eigenvalue weighted by Crippen LogP contribution is 2.41. The molecule has 2 aliphatic heterocycles. The lowest BCUT2D eigenvalue weighted by Gasteiger charge is -2.31. The van der Waals surface area contributed by atoms with Gasteiger partial charge < -0.3 is 4.42 Å². The van der Waals surface area contributed by atoms with E-state index in [4.69, 9.17) is 19.4 Å². The van der Waals surface area contributed by atoms with Crippen LogP contribution >= 0.6 is 0 Å². The van der Waals surface area contributed by atoms with Crippen LogP contribution in [0.2, 0.25) is 0 Å². The maximum absolute atomic E-state index is 6.53. The van der Waals surface area contributed by atoms with Crippen molar-refractivity contribution in [3.63, 3.8) is 0 Å². The Labute approximate surface area is 233 Å². The van der Waals surface area contributed by atoms with Crippen LogP contribution in [0.5, 0.6) is 0 Å². The average Bonchev–Trinajstić information content (AvgIpc) is 3.37. The molecule has 0 fully saturated rings. The van der Waals surface area contributed by atoms with Crippen LogP contribution in [-0.4, -0.2) is 27.4 Å². The molecular formula is C35H28N4O. The second-order valence-electron chi connectivity index (χ2n) is 10.4. The minimum absolute atomic E-state index is 0.158. The molecule has 40 heavy (non-hydrogen) atoms. The molecule has 2 aliphatic rings. The monoisotopic (exact) mass is 520 g/mol. The van der Waals surface area contributed by atoms with E-state index in [0.29, 0.717) is 11.4 Å². The fourth-order valence-electron chi connectivity index (χ4n) is 6.19. The van der Waals surface area contributed by atoms with Crippen molar-refractivity contribution in [3.8, 4) is 11.4 Å². The molecule has 194 valence electrons. The van der Waals surface area contributed by atoms with Crippen LogP contribution < -0.4 is 0 Å². The maximum atomic E-state index is 6.53. The van der Waals surface area contributed by atoms with E-state index < -0.39 is 0 Å². The highest BCUT2D eigenvalue weighted by atomic mass is 16.3.